The summed E-state index contributed by atoms with van der Waals surface area (Å²) in [7, 11) is 1.79. The van der Waals surface area contributed by atoms with Crippen LogP contribution in [0.25, 0.3) is 27.8 Å². The smallest absolute Gasteiger partial charge is 0.143 e. The van der Waals surface area contributed by atoms with Crippen LogP contribution in [0.2, 0.25) is 0 Å². The van der Waals surface area contributed by atoms with Gasteiger partial charge in [0.25, 0.3) is 0 Å². The highest BCUT2D eigenvalue weighted by atomic mass is 32.2. The number of ether oxygens (including phenoxy) is 1. The number of hydrogen-bond donors (Lipinski definition) is 2. The van der Waals surface area contributed by atoms with Crippen LogP contribution in [0.5, 0.6) is 0 Å². The number of pyridine rings is 2. The summed E-state index contributed by atoms with van der Waals surface area (Å²) >= 11 is 1.65. The van der Waals surface area contributed by atoms with Crippen LogP contribution in [0, 0.1) is 5.92 Å². The maximum Gasteiger partial charge on any atom is 0.143 e. The molecule has 1 aliphatic rings. The SMILES string of the molecule is CSc1ccc2c3ncc(/C(=C(\C)N)N(C)N)cc3n(CC3CCOCC3)c2n1.c1ccccc1. The second-order valence-corrected chi connectivity index (χ2v) is 9.61. The Hall–Kier alpha value is -3.07. The lowest BCUT2D eigenvalue weighted by Gasteiger charge is -2.23. The van der Waals surface area contributed by atoms with Gasteiger partial charge in [-0.15, -0.1) is 11.8 Å². The van der Waals surface area contributed by atoms with Crippen molar-refractivity contribution in [3.63, 3.8) is 0 Å². The Morgan fingerprint density at radius 1 is 1.14 bits per heavy atom. The van der Waals surface area contributed by atoms with Gasteiger partial charge in [0, 0.05) is 49.6 Å². The normalized spacial score (nSPS) is 15.0. The third-order valence-electron chi connectivity index (χ3n) is 6.18. The fourth-order valence-corrected chi connectivity index (χ4v) is 4.89. The summed E-state index contributed by atoms with van der Waals surface area (Å²) in [5.41, 5.74) is 11.5. The number of nitrogens with two attached hydrogens (primary N) is 2. The van der Waals surface area contributed by atoms with Crippen molar-refractivity contribution in [2.45, 2.75) is 31.3 Å². The van der Waals surface area contributed by atoms with Crippen LogP contribution in [0.4, 0.5) is 0 Å². The van der Waals surface area contributed by atoms with E-state index >= 15 is 0 Å². The average molecular weight is 491 g/mol. The van der Waals surface area contributed by atoms with E-state index in [1.165, 1.54) is 0 Å². The number of allylic oxidation sites excluding steroid dienone is 1. The maximum atomic E-state index is 6.11. The molecule has 5 rings (SSSR count). The summed E-state index contributed by atoms with van der Waals surface area (Å²) < 4.78 is 7.87. The van der Waals surface area contributed by atoms with Crippen molar-refractivity contribution < 1.29 is 4.74 Å². The molecule has 0 atom stereocenters. The van der Waals surface area contributed by atoms with Gasteiger partial charge < -0.3 is 20.0 Å². The highest BCUT2D eigenvalue weighted by Crippen LogP contribution is 2.32. The molecule has 8 heteroatoms. The van der Waals surface area contributed by atoms with E-state index in [0.717, 1.165) is 71.0 Å². The number of fused-ring (bicyclic) bond motifs is 3. The molecule has 1 aromatic carbocycles. The quantitative estimate of drug-likeness (QED) is 0.234. The Labute approximate surface area is 211 Å². The average Bonchev–Trinajstić information content (AvgIpc) is 3.17. The van der Waals surface area contributed by atoms with Crippen LogP contribution in [-0.2, 0) is 11.3 Å². The minimum absolute atomic E-state index is 0.564. The lowest BCUT2D eigenvalue weighted by Crippen LogP contribution is -2.26. The summed E-state index contributed by atoms with van der Waals surface area (Å²) in [6.45, 7) is 4.41. The minimum atomic E-state index is 0.564. The van der Waals surface area contributed by atoms with Crippen LogP contribution in [-0.4, -0.2) is 46.1 Å². The van der Waals surface area contributed by atoms with Gasteiger partial charge in [-0.3, -0.25) is 4.98 Å². The van der Waals surface area contributed by atoms with Gasteiger partial charge >= 0.3 is 0 Å². The summed E-state index contributed by atoms with van der Waals surface area (Å²) in [6.07, 6.45) is 6.02. The van der Waals surface area contributed by atoms with Crippen molar-refractivity contribution >= 4 is 39.5 Å². The largest absolute Gasteiger partial charge is 0.401 e. The van der Waals surface area contributed by atoms with Crippen molar-refractivity contribution in [3.8, 4) is 0 Å². The van der Waals surface area contributed by atoms with Crippen molar-refractivity contribution in [2.24, 2.45) is 17.5 Å². The maximum absolute atomic E-state index is 6.11. The molecule has 1 saturated heterocycles. The molecule has 1 fully saturated rings. The van der Waals surface area contributed by atoms with Gasteiger partial charge in [-0.2, -0.15) is 0 Å². The molecule has 184 valence electrons. The lowest BCUT2D eigenvalue weighted by atomic mass is 10.0. The summed E-state index contributed by atoms with van der Waals surface area (Å²) in [4.78, 5) is 9.72. The Balaban J connectivity index is 0.000000421. The van der Waals surface area contributed by atoms with E-state index in [-0.39, 0.29) is 0 Å². The fraction of sp³-hybridized carbons (Fsp3) is 0.333. The zero-order valence-electron chi connectivity index (χ0n) is 20.6. The lowest BCUT2D eigenvalue weighted by molar-refractivity contribution is 0.0619. The molecule has 0 aliphatic carbocycles. The molecule has 4 aromatic rings. The van der Waals surface area contributed by atoms with E-state index in [4.69, 9.17) is 26.3 Å². The molecule has 1 aliphatic heterocycles. The van der Waals surface area contributed by atoms with E-state index < -0.39 is 0 Å². The van der Waals surface area contributed by atoms with Gasteiger partial charge in [0.15, 0.2) is 0 Å². The Morgan fingerprint density at radius 3 is 2.37 bits per heavy atom. The minimum Gasteiger partial charge on any atom is -0.401 e. The molecule has 0 unspecified atom stereocenters. The first-order valence-corrected chi connectivity index (χ1v) is 13.1. The summed E-state index contributed by atoms with van der Waals surface area (Å²) in [6, 6.07) is 18.3. The number of nitrogens with zero attached hydrogens (tertiary/aromatic N) is 4. The van der Waals surface area contributed by atoms with E-state index in [1.54, 1.807) is 23.8 Å². The Kier molecular flexibility index (Phi) is 8.28. The fourth-order valence-electron chi connectivity index (χ4n) is 4.51. The van der Waals surface area contributed by atoms with Gasteiger partial charge in [-0.05, 0) is 50.1 Å². The first-order valence-electron chi connectivity index (χ1n) is 11.9. The molecular weight excluding hydrogens is 456 g/mol. The van der Waals surface area contributed by atoms with E-state index in [2.05, 4.69) is 22.8 Å². The van der Waals surface area contributed by atoms with E-state index in [9.17, 15) is 0 Å². The van der Waals surface area contributed by atoms with Crippen LogP contribution >= 0.6 is 11.8 Å². The first kappa shape index (κ1) is 25.0. The second-order valence-electron chi connectivity index (χ2n) is 8.78. The summed E-state index contributed by atoms with van der Waals surface area (Å²) in [5, 5.41) is 3.63. The molecule has 0 bridgehead atoms. The number of thioether (sulfide) groups is 1. The molecule has 0 amide bonds. The third kappa shape index (κ3) is 5.78. The molecule has 3 aromatic heterocycles. The number of hydrogen-bond acceptors (Lipinski definition) is 7. The Bertz CT molecular complexity index is 1260. The van der Waals surface area contributed by atoms with Crippen LogP contribution in [0.3, 0.4) is 0 Å². The summed E-state index contributed by atoms with van der Waals surface area (Å²) in [5.74, 6) is 6.61. The van der Waals surface area contributed by atoms with Gasteiger partial charge in [-0.1, -0.05) is 36.4 Å². The molecule has 0 spiro atoms. The van der Waals surface area contributed by atoms with Crippen LogP contribution in [0.15, 0.2) is 71.5 Å². The van der Waals surface area contributed by atoms with Crippen LogP contribution in [0.1, 0.15) is 25.3 Å². The van der Waals surface area contributed by atoms with Crippen molar-refractivity contribution in [1.29, 1.82) is 0 Å². The predicted octanol–water partition coefficient (Wildman–Crippen LogP) is 4.87. The van der Waals surface area contributed by atoms with Crippen molar-refractivity contribution in [2.75, 3.05) is 26.5 Å². The van der Waals surface area contributed by atoms with Crippen molar-refractivity contribution in [1.82, 2.24) is 19.5 Å². The zero-order valence-corrected chi connectivity index (χ0v) is 21.5. The molecule has 4 heterocycles. The highest BCUT2D eigenvalue weighted by Gasteiger charge is 2.21. The topological polar surface area (TPSA) is 95.2 Å². The number of rotatable bonds is 5. The number of aromatic nitrogens is 3. The van der Waals surface area contributed by atoms with Crippen LogP contribution < -0.4 is 11.6 Å². The highest BCUT2D eigenvalue weighted by molar-refractivity contribution is 7.98. The monoisotopic (exact) mass is 490 g/mol. The second kappa shape index (κ2) is 11.6. The molecule has 0 radical (unpaired) electrons. The van der Waals surface area contributed by atoms with Gasteiger partial charge in [-0.25, -0.2) is 10.8 Å². The molecule has 0 saturated carbocycles. The first-order chi connectivity index (χ1) is 17.0. The standard InChI is InChI=1S/C21H28N6OS.C6H6/c1-13(22)20(26(2)23)15-10-17-19(24-11-15)16-4-5-18(29-3)25-21(16)27(17)12-14-6-8-28-9-7-14;1-2-4-6-5-3-1/h4-5,10-11,14H,6-9,12,22-23H2,1-3H3;1-6H/b20-13-;. The zero-order chi connectivity index (χ0) is 24.8. The van der Waals surface area contributed by atoms with E-state index in [1.807, 2.05) is 55.8 Å². The molecule has 7 nitrogen and oxygen atoms in total. The molecule has 35 heavy (non-hydrogen) atoms. The van der Waals surface area contributed by atoms with Gasteiger partial charge in [0.2, 0.25) is 0 Å². The van der Waals surface area contributed by atoms with Gasteiger partial charge in [0.05, 0.1) is 21.8 Å². The van der Waals surface area contributed by atoms with Crippen molar-refractivity contribution in [3.05, 3.63) is 72.1 Å². The van der Waals surface area contributed by atoms with Gasteiger partial charge in [0.1, 0.15) is 5.65 Å². The van der Waals surface area contributed by atoms with E-state index in [0.29, 0.717) is 11.6 Å². The molecule has 4 N–H and O–H groups in total. The third-order valence-corrected chi connectivity index (χ3v) is 6.82. The number of benzene rings is 1. The molecular formula is C27H34N6OS. The number of hydrazine groups is 1. The predicted molar refractivity (Wildman–Crippen MR) is 146 cm³/mol. The Morgan fingerprint density at radius 2 is 1.80 bits per heavy atom.